The molecule has 0 fully saturated rings. The number of hydrogen-bond acceptors (Lipinski definition) is 3. The first-order valence-electron chi connectivity index (χ1n) is 5.90. The fourth-order valence-electron chi connectivity index (χ4n) is 1.74. The summed E-state index contributed by atoms with van der Waals surface area (Å²) in [7, 11) is 1.73. The molecule has 0 aliphatic heterocycles. The van der Waals surface area contributed by atoms with Crippen molar-refractivity contribution in [1.29, 1.82) is 0 Å². The average molecular weight is 279 g/mol. The van der Waals surface area contributed by atoms with Crippen molar-refractivity contribution in [3.63, 3.8) is 0 Å². The molecule has 0 aliphatic rings. The summed E-state index contributed by atoms with van der Waals surface area (Å²) in [6.45, 7) is 3.70. The van der Waals surface area contributed by atoms with Crippen LogP contribution in [-0.2, 0) is 0 Å². The summed E-state index contributed by atoms with van der Waals surface area (Å²) < 4.78 is 0. The second-order valence-corrected chi connectivity index (χ2v) is 4.82. The predicted octanol–water partition coefficient (Wildman–Crippen LogP) is 2.60. The van der Waals surface area contributed by atoms with Crippen LogP contribution in [0.25, 0.3) is 0 Å². The van der Waals surface area contributed by atoms with Crippen LogP contribution < -0.4 is 0 Å². The normalized spacial score (nSPS) is 12.2. The molecule has 1 atom stereocenters. The molecule has 0 saturated carbocycles. The van der Waals surface area contributed by atoms with Gasteiger partial charge in [0.1, 0.15) is 5.82 Å². The number of carbonyl (C=O) groups excluding carboxylic acids is 1. The van der Waals surface area contributed by atoms with Crippen LogP contribution >= 0.6 is 11.6 Å². The van der Waals surface area contributed by atoms with Crippen LogP contribution in [0, 0.1) is 6.92 Å². The van der Waals surface area contributed by atoms with Gasteiger partial charge in [-0.1, -0.05) is 23.7 Å². The molecule has 0 aliphatic carbocycles. The summed E-state index contributed by atoms with van der Waals surface area (Å²) in [6, 6.07) is 7.34. The minimum atomic E-state index is -0.216. The standard InChI is InChI=1S/C13H15ClN4O/c1-8(10-4-6-11(14)7-5-10)18(3)13(19)12-15-9(2)16-17-12/h4-8H,1-3H3,(H,15,16,17). The minimum Gasteiger partial charge on any atom is -0.332 e. The van der Waals surface area contributed by atoms with Crippen molar-refractivity contribution in [1.82, 2.24) is 20.1 Å². The fraction of sp³-hybridized carbons (Fsp3) is 0.308. The first-order chi connectivity index (χ1) is 8.99. The Balaban J connectivity index is 2.16. The van der Waals surface area contributed by atoms with Crippen LogP contribution in [0.5, 0.6) is 0 Å². The second-order valence-electron chi connectivity index (χ2n) is 4.39. The van der Waals surface area contributed by atoms with Crippen LogP contribution in [0.3, 0.4) is 0 Å². The van der Waals surface area contributed by atoms with E-state index in [1.54, 1.807) is 18.9 Å². The van der Waals surface area contributed by atoms with Gasteiger partial charge in [0.05, 0.1) is 6.04 Å². The predicted molar refractivity (Wildman–Crippen MR) is 73.1 cm³/mol. The Hall–Kier alpha value is -1.88. The van der Waals surface area contributed by atoms with E-state index in [0.29, 0.717) is 10.8 Å². The van der Waals surface area contributed by atoms with Gasteiger partial charge in [0.15, 0.2) is 0 Å². The highest BCUT2D eigenvalue weighted by molar-refractivity contribution is 6.30. The Morgan fingerprint density at radius 3 is 2.53 bits per heavy atom. The zero-order valence-electron chi connectivity index (χ0n) is 11.0. The number of nitrogens with zero attached hydrogens (tertiary/aromatic N) is 3. The number of amides is 1. The maximum absolute atomic E-state index is 12.2. The number of nitrogens with one attached hydrogen (secondary N) is 1. The molecule has 1 heterocycles. The van der Waals surface area contributed by atoms with Gasteiger partial charge < -0.3 is 4.90 Å². The number of rotatable bonds is 3. The van der Waals surface area contributed by atoms with Gasteiger partial charge in [-0.2, -0.15) is 0 Å². The highest BCUT2D eigenvalue weighted by atomic mass is 35.5. The van der Waals surface area contributed by atoms with Crippen molar-refractivity contribution in [2.75, 3.05) is 7.05 Å². The fourth-order valence-corrected chi connectivity index (χ4v) is 1.86. The molecule has 0 bridgehead atoms. The van der Waals surface area contributed by atoms with Crippen molar-refractivity contribution in [3.05, 3.63) is 46.5 Å². The Labute approximate surface area is 116 Å². The summed E-state index contributed by atoms with van der Waals surface area (Å²) >= 11 is 5.85. The highest BCUT2D eigenvalue weighted by Gasteiger charge is 2.21. The molecule has 0 saturated heterocycles. The van der Waals surface area contributed by atoms with E-state index in [9.17, 15) is 4.79 Å². The third kappa shape index (κ3) is 2.93. The lowest BCUT2D eigenvalue weighted by Crippen LogP contribution is -2.30. The summed E-state index contributed by atoms with van der Waals surface area (Å²) in [5.74, 6) is 0.587. The lowest BCUT2D eigenvalue weighted by molar-refractivity contribution is 0.0730. The molecule has 1 amide bonds. The van der Waals surface area contributed by atoms with Gasteiger partial charge in [0.25, 0.3) is 5.91 Å². The average Bonchev–Trinajstić information content (AvgIpc) is 2.84. The molecule has 1 aromatic heterocycles. The number of H-pyrrole nitrogens is 1. The number of carbonyl (C=O) groups is 1. The van der Waals surface area contributed by atoms with E-state index in [1.807, 2.05) is 31.2 Å². The summed E-state index contributed by atoms with van der Waals surface area (Å²) in [5.41, 5.74) is 1.01. The molecule has 1 unspecified atom stereocenters. The topological polar surface area (TPSA) is 61.9 Å². The van der Waals surface area contributed by atoms with Gasteiger partial charge in [-0.15, -0.1) is 5.10 Å². The van der Waals surface area contributed by atoms with Crippen molar-refractivity contribution in [2.24, 2.45) is 0 Å². The largest absolute Gasteiger partial charge is 0.332 e. The lowest BCUT2D eigenvalue weighted by atomic mass is 10.1. The molecule has 100 valence electrons. The zero-order chi connectivity index (χ0) is 14.0. The van der Waals surface area contributed by atoms with Gasteiger partial charge in [-0.25, -0.2) is 4.98 Å². The van der Waals surface area contributed by atoms with Crippen LogP contribution in [0.2, 0.25) is 5.02 Å². The number of hydrogen-bond donors (Lipinski definition) is 1. The number of aromatic amines is 1. The van der Waals surface area contributed by atoms with Crippen LogP contribution in [0.1, 0.15) is 35.0 Å². The maximum Gasteiger partial charge on any atom is 0.293 e. The quantitative estimate of drug-likeness (QED) is 0.939. The van der Waals surface area contributed by atoms with E-state index < -0.39 is 0 Å². The maximum atomic E-state index is 12.2. The van der Waals surface area contributed by atoms with Crippen LogP contribution in [0.15, 0.2) is 24.3 Å². The second kappa shape index (κ2) is 5.40. The van der Waals surface area contributed by atoms with E-state index in [4.69, 9.17) is 11.6 Å². The number of aryl methyl sites for hydroxylation is 1. The van der Waals surface area contributed by atoms with Crippen molar-refractivity contribution >= 4 is 17.5 Å². The van der Waals surface area contributed by atoms with E-state index in [0.717, 1.165) is 5.56 Å². The summed E-state index contributed by atoms with van der Waals surface area (Å²) in [4.78, 5) is 17.8. The molecule has 0 radical (unpaired) electrons. The molecule has 5 nitrogen and oxygen atoms in total. The Bertz CT molecular complexity index is 579. The molecule has 1 N–H and O–H groups in total. The Morgan fingerprint density at radius 2 is 2.00 bits per heavy atom. The van der Waals surface area contributed by atoms with E-state index in [2.05, 4.69) is 15.2 Å². The van der Waals surface area contributed by atoms with Gasteiger partial charge in [-0.05, 0) is 31.5 Å². The Morgan fingerprint density at radius 1 is 1.37 bits per heavy atom. The SMILES string of the molecule is Cc1nc(C(=O)N(C)C(C)c2ccc(Cl)cc2)n[nH]1. The van der Waals surface area contributed by atoms with Gasteiger partial charge in [0.2, 0.25) is 5.82 Å². The van der Waals surface area contributed by atoms with Crippen molar-refractivity contribution in [3.8, 4) is 0 Å². The van der Waals surface area contributed by atoms with Crippen LogP contribution in [0.4, 0.5) is 0 Å². The molecule has 19 heavy (non-hydrogen) atoms. The molecular weight excluding hydrogens is 264 g/mol. The molecule has 1 aromatic carbocycles. The molecule has 0 spiro atoms. The molecule has 2 aromatic rings. The zero-order valence-corrected chi connectivity index (χ0v) is 11.8. The summed E-state index contributed by atoms with van der Waals surface area (Å²) in [6.07, 6.45) is 0. The number of aromatic nitrogens is 3. The van der Waals surface area contributed by atoms with Gasteiger partial charge >= 0.3 is 0 Å². The molecule has 2 rings (SSSR count). The van der Waals surface area contributed by atoms with E-state index in [-0.39, 0.29) is 17.8 Å². The lowest BCUT2D eigenvalue weighted by Gasteiger charge is -2.24. The van der Waals surface area contributed by atoms with Crippen molar-refractivity contribution in [2.45, 2.75) is 19.9 Å². The van der Waals surface area contributed by atoms with E-state index >= 15 is 0 Å². The minimum absolute atomic E-state index is 0.0800. The smallest absolute Gasteiger partial charge is 0.293 e. The third-order valence-electron chi connectivity index (χ3n) is 3.04. The highest BCUT2D eigenvalue weighted by Crippen LogP contribution is 2.21. The van der Waals surface area contributed by atoms with Gasteiger partial charge in [0, 0.05) is 12.1 Å². The van der Waals surface area contributed by atoms with Crippen molar-refractivity contribution < 1.29 is 4.79 Å². The third-order valence-corrected chi connectivity index (χ3v) is 3.29. The first kappa shape index (κ1) is 13.5. The van der Waals surface area contributed by atoms with E-state index in [1.165, 1.54) is 0 Å². The molecule has 6 heteroatoms. The monoisotopic (exact) mass is 278 g/mol. The van der Waals surface area contributed by atoms with Gasteiger partial charge in [-0.3, -0.25) is 9.89 Å². The number of benzene rings is 1. The first-order valence-corrected chi connectivity index (χ1v) is 6.28. The molecular formula is C13H15ClN4O. The van der Waals surface area contributed by atoms with Crippen LogP contribution in [-0.4, -0.2) is 33.0 Å². The summed E-state index contributed by atoms with van der Waals surface area (Å²) in [5, 5.41) is 7.22. The number of halogens is 1. The Kier molecular flexibility index (Phi) is 3.85.